The fourth-order valence-electron chi connectivity index (χ4n) is 1.81. The summed E-state index contributed by atoms with van der Waals surface area (Å²) >= 11 is 3.40. The summed E-state index contributed by atoms with van der Waals surface area (Å²) < 4.78 is 6.35. The molecule has 1 unspecified atom stereocenters. The normalized spacial score (nSPS) is 24.9. The average molecular weight is 286 g/mol. The molecular formula is C12H16BrNO2. The number of phenolic OH excluding ortho intramolecular Hbond substituents is 1. The molecule has 1 saturated heterocycles. The summed E-state index contributed by atoms with van der Waals surface area (Å²) in [6.45, 7) is 4.36. The number of hydrogen-bond donors (Lipinski definition) is 2. The van der Waals surface area contributed by atoms with Crippen LogP contribution >= 0.6 is 15.9 Å². The molecule has 1 heterocycles. The Morgan fingerprint density at radius 1 is 1.56 bits per heavy atom. The van der Waals surface area contributed by atoms with Gasteiger partial charge in [0, 0.05) is 28.7 Å². The number of hydrogen-bond acceptors (Lipinski definition) is 3. The van der Waals surface area contributed by atoms with Crippen LogP contribution in [-0.2, 0) is 11.3 Å². The van der Waals surface area contributed by atoms with Crippen LogP contribution < -0.4 is 5.32 Å². The Hall–Kier alpha value is -0.580. The topological polar surface area (TPSA) is 41.5 Å². The molecule has 0 amide bonds. The Labute approximate surface area is 104 Å². The van der Waals surface area contributed by atoms with E-state index in [1.54, 1.807) is 6.07 Å². The van der Waals surface area contributed by atoms with E-state index >= 15 is 0 Å². The lowest BCUT2D eigenvalue weighted by Crippen LogP contribution is -2.42. The quantitative estimate of drug-likeness (QED) is 0.896. The van der Waals surface area contributed by atoms with E-state index in [-0.39, 0.29) is 5.54 Å². The third-order valence-corrected chi connectivity index (χ3v) is 3.46. The van der Waals surface area contributed by atoms with Crippen LogP contribution in [0.1, 0.15) is 18.9 Å². The Balaban J connectivity index is 2.01. The highest BCUT2D eigenvalue weighted by Gasteiger charge is 2.28. The minimum Gasteiger partial charge on any atom is -0.508 e. The van der Waals surface area contributed by atoms with E-state index < -0.39 is 0 Å². The highest BCUT2D eigenvalue weighted by Crippen LogP contribution is 2.24. The van der Waals surface area contributed by atoms with Gasteiger partial charge in [-0.05, 0) is 31.5 Å². The molecule has 0 bridgehead atoms. The minimum atomic E-state index is 0.0365. The molecule has 16 heavy (non-hydrogen) atoms. The van der Waals surface area contributed by atoms with Crippen molar-refractivity contribution in [2.24, 2.45) is 0 Å². The lowest BCUT2D eigenvalue weighted by Gasteiger charge is -2.23. The summed E-state index contributed by atoms with van der Waals surface area (Å²) in [6, 6.07) is 5.47. The van der Waals surface area contributed by atoms with E-state index in [0.717, 1.165) is 29.7 Å². The van der Waals surface area contributed by atoms with Crippen LogP contribution in [-0.4, -0.2) is 23.9 Å². The van der Waals surface area contributed by atoms with Crippen LogP contribution in [0.5, 0.6) is 5.75 Å². The third kappa shape index (κ3) is 2.75. The second-order valence-corrected chi connectivity index (χ2v) is 5.41. The molecule has 4 heteroatoms. The minimum absolute atomic E-state index is 0.0365. The van der Waals surface area contributed by atoms with Crippen LogP contribution in [0.25, 0.3) is 0 Å². The van der Waals surface area contributed by atoms with E-state index in [0.29, 0.717) is 12.3 Å². The molecule has 0 saturated carbocycles. The number of benzene rings is 1. The Kier molecular flexibility index (Phi) is 3.52. The molecule has 2 rings (SSSR count). The van der Waals surface area contributed by atoms with Crippen molar-refractivity contribution in [3.8, 4) is 5.75 Å². The molecule has 1 aromatic carbocycles. The van der Waals surface area contributed by atoms with Crippen LogP contribution in [0.2, 0.25) is 0 Å². The number of aromatic hydroxyl groups is 1. The number of phenols is 1. The molecule has 2 N–H and O–H groups in total. The van der Waals surface area contributed by atoms with Crippen molar-refractivity contribution in [3.05, 3.63) is 28.2 Å². The lowest BCUT2D eigenvalue weighted by molar-refractivity contribution is 0.171. The smallest absolute Gasteiger partial charge is 0.120 e. The first-order valence-corrected chi connectivity index (χ1v) is 6.19. The predicted octanol–water partition coefficient (Wildman–Crippen LogP) is 2.42. The molecule has 88 valence electrons. The van der Waals surface area contributed by atoms with Crippen molar-refractivity contribution in [2.45, 2.75) is 25.4 Å². The number of nitrogens with one attached hydrogen (secondary N) is 1. The third-order valence-electron chi connectivity index (χ3n) is 2.97. The van der Waals surface area contributed by atoms with Crippen molar-refractivity contribution in [2.75, 3.05) is 13.2 Å². The zero-order valence-electron chi connectivity index (χ0n) is 9.29. The number of halogens is 1. The van der Waals surface area contributed by atoms with Crippen LogP contribution in [0.4, 0.5) is 0 Å². The van der Waals surface area contributed by atoms with Crippen LogP contribution in [0.15, 0.2) is 22.7 Å². The Bertz CT molecular complexity index is 375. The average Bonchev–Trinajstić information content (AvgIpc) is 2.67. The molecule has 3 nitrogen and oxygen atoms in total. The van der Waals surface area contributed by atoms with Gasteiger partial charge >= 0.3 is 0 Å². The summed E-state index contributed by atoms with van der Waals surface area (Å²) in [4.78, 5) is 0. The molecular weight excluding hydrogens is 270 g/mol. The van der Waals surface area contributed by atoms with Gasteiger partial charge in [-0.15, -0.1) is 0 Å². The maximum Gasteiger partial charge on any atom is 0.120 e. The van der Waals surface area contributed by atoms with Gasteiger partial charge in [0.25, 0.3) is 0 Å². The molecule has 0 spiro atoms. The standard InChI is InChI=1S/C12H16BrNO2/c1-12(4-5-16-8-12)14-7-9-6-10(13)2-3-11(9)15/h2-3,6,14-15H,4-5,7-8H2,1H3. The molecule has 1 fully saturated rings. The molecule has 0 aromatic heterocycles. The van der Waals surface area contributed by atoms with Crippen molar-refractivity contribution in [1.82, 2.24) is 5.32 Å². The van der Waals surface area contributed by atoms with Gasteiger partial charge in [0.15, 0.2) is 0 Å². The lowest BCUT2D eigenvalue weighted by atomic mass is 10.0. The number of ether oxygens (including phenoxy) is 1. The fourth-order valence-corrected chi connectivity index (χ4v) is 2.22. The Morgan fingerprint density at radius 2 is 2.38 bits per heavy atom. The van der Waals surface area contributed by atoms with Crippen molar-refractivity contribution in [3.63, 3.8) is 0 Å². The van der Waals surface area contributed by atoms with E-state index in [2.05, 4.69) is 28.2 Å². The molecule has 0 radical (unpaired) electrons. The fraction of sp³-hybridized carbons (Fsp3) is 0.500. The van der Waals surface area contributed by atoms with Gasteiger partial charge in [0.1, 0.15) is 5.75 Å². The molecule has 1 atom stereocenters. The van der Waals surface area contributed by atoms with Gasteiger partial charge in [0.05, 0.1) is 6.61 Å². The van der Waals surface area contributed by atoms with Gasteiger partial charge in [-0.1, -0.05) is 15.9 Å². The highest BCUT2D eigenvalue weighted by molar-refractivity contribution is 9.10. The Morgan fingerprint density at radius 3 is 3.06 bits per heavy atom. The summed E-state index contributed by atoms with van der Waals surface area (Å²) in [5, 5.41) is 13.1. The maximum atomic E-state index is 9.70. The first kappa shape index (κ1) is 11.9. The zero-order valence-corrected chi connectivity index (χ0v) is 10.9. The largest absolute Gasteiger partial charge is 0.508 e. The summed E-state index contributed by atoms with van der Waals surface area (Å²) in [6.07, 6.45) is 1.02. The molecule has 1 aromatic rings. The second-order valence-electron chi connectivity index (χ2n) is 4.49. The highest BCUT2D eigenvalue weighted by atomic mass is 79.9. The van der Waals surface area contributed by atoms with Gasteiger partial charge < -0.3 is 15.2 Å². The van der Waals surface area contributed by atoms with Gasteiger partial charge in [0.2, 0.25) is 0 Å². The summed E-state index contributed by atoms with van der Waals surface area (Å²) in [5.41, 5.74) is 0.942. The molecule has 1 aliphatic rings. The van der Waals surface area contributed by atoms with Crippen molar-refractivity contribution in [1.29, 1.82) is 0 Å². The van der Waals surface area contributed by atoms with E-state index in [4.69, 9.17) is 4.74 Å². The summed E-state index contributed by atoms with van der Waals surface area (Å²) in [5.74, 6) is 0.332. The van der Waals surface area contributed by atoms with Crippen molar-refractivity contribution < 1.29 is 9.84 Å². The van der Waals surface area contributed by atoms with E-state index in [1.165, 1.54) is 0 Å². The van der Waals surface area contributed by atoms with Gasteiger partial charge in [-0.25, -0.2) is 0 Å². The van der Waals surface area contributed by atoms with Gasteiger partial charge in [-0.2, -0.15) is 0 Å². The summed E-state index contributed by atoms with van der Waals surface area (Å²) in [7, 11) is 0. The molecule has 0 aliphatic carbocycles. The van der Waals surface area contributed by atoms with Crippen LogP contribution in [0.3, 0.4) is 0 Å². The monoisotopic (exact) mass is 285 g/mol. The maximum absolute atomic E-state index is 9.70. The van der Waals surface area contributed by atoms with Gasteiger partial charge in [-0.3, -0.25) is 0 Å². The SMILES string of the molecule is CC1(NCc2cc(Br)ccc2O)CCOC1. The van der Waals surface area contributed by atoms with E-state index in [1.807, 2.05) is 12.1 Å². The van der Waals surface area contributed by atoms with Crippen molar-refractivity contribution >= 4 is 15.9 Å². The first-order valence-electron chi connectivity index (χ1n) is 5.39. The molecule has 1 aliphatic heterocycles. The second kappa shape index (κ2) is 4.73. The number of rotatable bonds is 3. The van der Waals surface area contributed by atoms with E-state index in [9.17, 15) is 5.11 Å². The zero-order chi connectivity index (χ0) is 11.6. The predicted molar refractivity (Wildman–Crippen MR) is 66.5 cm³/mol. The van der Waals surface area contributed by atoms with Crippen LogP contribution in [0, 0.1) is 0 Å². The first-order chi connectivity index (χ1) is 7.59.